The summed E-state index contributed by atoms with van der Waals surface area (Å²) in [6, 6.07) is 7.93. The lowest BCUT2D eigenvalue weighted by molar-refractivity contribution is -0.136. The van der Waals surface area contributed by atoms with E-state index in [0.717, 1.165) is 0 Å². The Labute approximate surface area is 110 Å². The maximum absolute atomic E-state index is 12.3. The third-order valence-corrected chi connectivity index (χ3v) is 2.92. The van der Waals surface area contributed by atoms with Crippen LogP contribution in [0.5, 0.6) is 0 Å². The number of amides is 2. The van der Waals surface area contributed by atoms with Gasteiger partial charge in [-0.05, 0) is 18.6 Å². The molecule has 2 rings (SSSR count). The number of carboxylic acids is 1. The molecule has 0 aliphatic carbocycles. The molecule has 1 aromatic carbocycles. The van der Waals surface area contributed by atoms with Crippen LogP contribution in [0.4, 0.5) is 5.69 Å². The Morgan fingerprint density at radius 1 is 1.32 bits per heavy atom. The highest BCUT2D eigenvalue weighted by molar-refractivity contribution is 6.03. The van der Waals surface area contributed by atoms with Crippen molar-refractivity contribution in [1.29, 1.82) is 0 Å². The van der Waals surface area contributed by atoms with Crippen LogP contribution >= 0.6 is 0 Å². The zero-order valence-corrected chi connectivity index (χ0v) is 10.2. The van der Waals surface area contributed by atoms with Gasteiger partial charge < -0.3 is 10.4 Å². The minimum atomic E-state index is -1.10. The number of carbonyl (C=O) groups is 3. The highest BCUT2D eigenvalue weighted by Crippen LogP contribution is 2.17. The number of aliphatic carboxylic acids is 1. The minimum Gasteiger partial charge on any atom is -0.480 e. The molecule has 0 saturated carbocycles. The van der Waals surface area contributed by atoms with E-state index >= 15 is 0 Å². The lowest BCUT2D eigenvalue weighted by atomic mass is 10.2. The number of anilines is 1. The maximum atomic E-state index is 12.3. The monoisotopic (exact) mass is 262 g/mol. The maximum Gasteiger partial charge on any atom is 0.323 e. The molecule has 0 aromatic heterocycles. The molecular weight excluding hydrogens is 248 g/mol. The molecule has 1 atom stereocenters. The third kappa shape index (κ3) is 3.09. The first kappa shape index (κ1) is 13.1. The molecule has 6 nitrogen and oxygen atoms in total. The highest BCUT2D eigenvalue weighted by atomic mass is 16.4. The quantitative estimate of drug-likeness (QED) is 0.821. The normalized spacial score (nSPS) is 17.9. The summed E-state index contributed by atoms with van der Waals surface area (Å²) >= 11 is 0. The number of hydrogen-bond donors (Lipinski definition) is 2. The van der Waals surface area contributed by atoms with Crippen LogP contribution in [-0.4, -0.2) is 35.5 Å². The summed E-state index contributed by atoms with van der Waals surface area (Å²) in [5.74, 6) is -1.66. The molecule has 2 N–H and O–H groups in total. The summed E-state index contributed by atoms with van der Waals surface area (Å²) < 4.78 is 0. The summed E-state index contributed by atoms with van der Waals surface area (Å²) in [4.78, 5) is 35.5. The van der Waals surface area contributed by atoms with Crippen LogP contribution in [0.25, 0.3) is 0 Å². The van der Waals surface area contributed by atoms with Crippen molar-refractivity contribution in [2.45, 2.75) is 18.9 Å². The van der Waals surface area contributed by atoms with Gasteiger partial charge in [0.25, 0.3) is 0 Å². The van der Waals surface area contributed by atoms with E-state index in [0.29, 0.717) is 18.5 Å². The van der Waals surface area contributed by atoms with Crippen molar-refractivity contribution in [3.8, 4) is 0 Å². The van der Waals surface area contributed by atoms with E-state index < -0.39 is 18.6 Å². The second-order valence-corrected chi connectivity index (χ2v) is 4.31. The fourth-order valence-corrected chi connectivity index (χ4v) is 2.03. The summed E-state index contributed by atoms with van der Waals surface area (Å²) in [6.45, 7) is -0.421. The van der Waals surface area contributed by atoms with Gasteiger partial charge in [-0.15, -0.1) is 0 Å². The van der Waals surface area contributed by atoms with Crippen molar-refractivity contribution >= 4 is 23.5 Å². The molecule has 1 fully saturated rings. The van der Waals surface area contributed by atoms with Gasteiger partial charge in [0, 0.05) is 12.1 Å². The Hall–Kier alpha value is -2.37. The zero-order chi connectivity index (χ0) is 13.8. The Bertz CT molecular complexity index is 501. The molecule has 6 heteroatoms. The first-order valence-corrected chi connectivity index (χ1v) is 5.95. The summed E-state index contributed by atoms with van der Waals surface area (Å²) in [5, 5.41) is 11.5. The molecule has 0 radical (unpaired) electrons. The number of carbonyl (C=O) groups excluding carboxylic acids is 2. The number of nitrogens with one attached hydrogen (secondary N) is 1. The first-order chi connectivity index (χ1) is 9.08. The molecule has 1 saturated heterocycles. The van der Waals surface area contributed by atoms with E-state index in [-0.39, 0.29) is 11.8 Å². The van der Waals surface area contributed by atoms with E-state index in [1.54, 1.807) is 30.3 Å². The predicted octanol–water partition coefficient (Wildman–Crippen LogP) is 0.383. The lowest BCUT2D eigenvalue weighted by Gasteiger charge is -2.23. The van der Waals surface area contributed by atoms with Gasteiger partial charge in [0.05, 0.1) is 0 Å². The molecule has 0 bridgehead atoms. The molecule has 1 aliphatic heterocycles. The Balaban J connectivity index is 2.20. The molecular formula is C13H14N2O4. The molecule has 0 spiro atoms. The van der Waals surface area contributed by atoms with Gasteiger partial charge in [-0.2, -0.15) is 0 Å². The van der Waals surface area contributed by atoms with Crippen molar-refractivity contribution in [1.82, 2.24) is 5.32 Å². The summed E-state index contributed by atoms with van der Waals surface area (Å²) in [7, 11) is 0. The van der Waals surface area contributed by atoms with Crippen LogP contribution in [0.15, 0.2) is 30.3 Å². The standard InChI is InChI=1S/C13H14N2O4/c16-11-7-6-10(14-11)13(19)15(8-12(17)18)9-4-2-1-3-5-9/h1-5,10H,6-8H2,(H,14,16)(H,17,18)/t10-/m1/s1. The third-order valence-electron chi connectivity index (χ3n) is 2.92. The second-order valence-electron chi connectivity index (χ2n) is 4.31. The summed E-state index contributed by atoms with van der Waals surface area (Å²) in [6.07, 6.45) is 0.701. The number of carboxylic acid groups (broad SMARTS) is 1. The second kappa shape index (κ2) is 5.51. The van der Waals surface area contributed by atoms with Gasteiger partial charge in [0.15, 0.2) is 0 Å². The number of rotatable bonds is 4. The van der Waals surface area contributed by atoms with Gasteiger partial charge >= 0.3 is 5.97 Å². The SMILES string of the molecule is O=C(O)CN(C(=O)[C@H]1CCC(=O)N1)c1ccccc1. The Morgan fingerprint density at radius 3 is 2.53 bits per heavy atom. The highest BCUT2D eigenvalue weighted by Gasteiger charge is 2.32. The number of para-hydroxylation sites is 1. The van der Waals surface area contributed by atoms with Crippen LogP contribution in [0.1, 0.15) is 12.8 Å². The Morgan fingerprint density at radius 2 is 2.00 bits per heavy atom. The Kier molecular flexibility index (Phi) is 3.79. The van der Waals surface area contributed by atoms with Gasteiger partial charge in [-0.25, -0.2) is 0 Å². The fraction of sp³-hybridized carbons (Fsp3) is 0.308. The lowest BCUT2D eigenvalue weighted by Crippen LogP contribution is -2.46. The number of nitrogens with zero attached hydrogens (tertiary/aromatic N) is 1. The van der Waals surface area contributed by atoms with Gasteiger partial charge in [-0.3, -0.25) is 19.3 Å². The van der Waals surface area contributed by atoms with Crippen LogP contribution in [0, 0.1) is 0 Å². The average molecular weight is 262 g/mol. The van der Waals surface area contributed by atoms with Crippen molar-refractivity contribution < 1.29 is 19.5 Å². The topological polar surface area (TPSA) is 86.7 Å². The van der Waals surface area contributed by atoms with Crippen LogP contribution < -0.4 is 10.2 Å². The van der Waals surface area contributed by atoms with Gasteiger partial charge in [-0.1, -0.05) is 18.2 Å². The summed E-state index contributed by atoms with van der Waals surface area (Å²) in [5.41, 5.74) is 0.510. The van der Waals surface area contributed by atoms with Crippen molar-refractivity contribution in [2.24, 2.45) is 0 Å². The van der Waals surface area contributed by atoms with E-state index in [1.165, 1.54) is 4.90 Å². The first-order valence-electron chi connectivity index (χ1n) is 5.95. The van der Waals surface area contributed by atoms with Crippen LogP contribution in [-0.2, 0) is 14.4 Å². The molecule has 1 aromatic rings. The molecule has 1 heterocycles. The van der Waals surface area contributed by atoms with Crippen molar-refractivity contribution in [2.75, 3.05) is 11.4 Å². The van der Waals surface area contributed by atoms with E-state index in [4.69, 9.17) is 5.11 Å². The fourth-order valence-electron chi connectivity index (χ4n) is 2.03. The molecule has 1 aliphatic rings. The number of benzene rings is 1. The smallest absolute Gasteiger partial charge is 0.323 e. The predicted molar refractivity (Wildman–Crippen MR) is 67.6 cm³/mol. The molecule has 2 amide bonds. The van der Waals surface area contributed by atoms with E-state index in [1.807, 2.05) is 0 Å². The molecule has 19 heavy (non-hydrogen) atoms. The minimum absolute atomic E-state index is 0.179. The molecule has 0 unspecified atom stereocenters. The van der Waals surface area contributed by atoms with Gasteiger partial charge in [0.2, 0.25) is 11.8 Å². The van der Waals surface area contributed by atoms with E-state index in [2.05, 4.69) is 5.32 Å². The number of hydrogen-bond acceptors (Lipinski definition) is 3. The average Bonchev–Trinajstić information content (AvgIpc) is 2.83. The van der Waals surface area contributed by atoms with Crippen LogP contribution in [0.3, 0.4) is 0 Å². The van der Waals surface area contributed by atoms with Crippen molar-refractivity contribution in [3.63, 3.8) is 0 Å². The van der Waals surface area contributed by atoms with Crippen LogP contribution in [0.2, 0.25) is 0 Å². The van der Waals surface area contributed by atoms with E-state index in [9.17, 15) is 14.4 Å². The largest absolute Gasteiger partial charge is 0.480 e. The zero-order valence-electron chi connectivity index (χ0n) is 10.2. The van der Waals surface area contributed by atoms with Gasteiger partial charge in [0.1, 0.15) is 12.6 Å². The molecule has 100 valence electrons. The van der Waals surface area contributed by atoms with Crippen molar-refractivity contribution in [3.05, 3.63) is 30.3 Å².